The molecule has 5 nitrogen and oxygen atoms in total. The van der Waals surface area contributed by atoms with Gasteiger partial charge < -0.3 is 15.5 Å². The summed E-state index contributed by atoms with van der Waals surface area (Å²) in [4.78, 5) is 25.7. The van der Waals surface area contributed by atoms with Crippen molar-refractivity contribution in [3.05, 3.63) is 64.9 Å². The van der Waals surface area contributed by atoms with E-state index in [4.69, 9.17) is 11.6 Å². The smallest absolute Gasteiger partial charge is 0.315 e. The Balaban J connectivity index is 1.44. The molecule has 1 aliphatic heterocycles. The van der Waals surface area contributed by atoms with Crippen molar-refractivity contribution in [1.82, 2.24) is 10.6 Å². The lowest BCUT2D eigenvalue weighted by atomic mass is 10.1. The van der Waals surface area contributed by atoms with Crippen molar-refractivity contribution in [2.24, 2.45) is 5.92 Å². The summed E-state index contributed by atoms with van der Waals surface area (Å²) in [6, 6.07) is 12.8. The number of urea groups is 1. The second kappa shape index (κ2) is 8.19. The number of nitrogens with one attached hydrogen (secondary N) is 2. The summed E-state index contributed by atoms with van der Waals surface area (Å²) in [5, 5.41) is 6.21. The number of amides is 3. The van der Waals surface area contributed by atoms with Gasteiger partial charge in [0.05, 0.1) is 0 Å². The van der Waals surface area contributed by atoms with E-state index in [-0.39, 0.29) is 23.7 Å². The molecule has 1 saturated heterocycles. The minimum absolute atomic E-state index is 0.0221. The highest BCUT2D eigenvalue weighted by Gasteiger charge is 2.30. The monoisotopic (exact) mass is 375 g/mol. The zero-order valence-electron chi connectivity index (χ0n) is 14.0. The number of anilines is 1. The Kier molecular flexibility index (Phi) is 5.73. The molecule has 0 spiro atoms. The third-order valence-corrected chi connectivity index (χ3v) is 4.51. The zero-order chi connectivity index (χ0) is 18.5. The van der Waals surface area contributed by atoms with Gasteiger partial charge in [-0.05, 0) is 42.0 Å². The number of halogens is 2. The van der Waals surface area contributed by atoms with Crippen LogP contribution in [0.25, 0.3) is 0 Å². The molecule has 1 fully saturated rings. The van der Waals surface area contributed by atoms with Gasteiger partial charge in [0.15, 0.2) is 0 Å². The molecule has 2 aromatic carbocycles. The van der Waals surface area contributed by atoms with E-state index in [2.05, 4.69) is 10.6 Å². The first kappa shape index (κ1) is 18.2. The van der Waals surface area contributed by atoms with Crippen molar-refractivity contribution >= 4 is 29.2 Å². The van der Waals surface area contributed by atoms with Crippen molar-refractivity contribution in [2.45, 2.75) is 13.0 Å². The predicted octanol–water partition coefficient (Wildman–Crippen LogP) is 3.33. The van der Waals surface area contributed by atoms with E-state index in [9.17, 15) is 14.0 Å². The number of hydrogen-bond donors (Lipinski definition) is 2. The molecule has 0 aromatic heterocycles. The highest BCUT2D eigenvalue weighted by molar-refractivity contribution is 6.30. The quantitative estimate of drug-likeness (QED) is 0.842. The molecule has 0 aliphatic carbocycles. The number of hydrogen-bond acceptors (Lipinski definition) is 2. The van der Waals surface area contributed by atoms with Gasteiger partial charge in [-0.2, -0.15) is 0 Å². The molecular weight excluding hydrogens is 357 g/mol. The van der Waals surface area contributed by atoms with E-state index < -0.39 is 0 Å². The molecule has 3 rings (SSSR count). The summed E-state index contributed by atoms with van der Waals surface area (Å²) in [5.41, 5.74) is 1.62. The number of carbonyl (C=O) groups is 2. The largest absolute Gasteiger partial charge is 0.338 e. The van der Waals surface area contributed by atoms with Crippen LogP contribution in [0.1, 0.15) is 12.0 Å². The lowest BCUT2D eigenvalue weighted by Crippen LogP contribution is -2.38. The fourth-order valence-corrected chi connectivity index (χ4v) is 3.00. The minimum Gasteiger partial charge on any atom is -0.338 e. The van der Waals surface area contributed by atoms with Gasteiger partial charge in [0, 0.05) is 42.7 Å². The fourth-order valence-electron chi connectivity index (χ4n) is 2.87. The van der Waals surface area contributed by atoms with Gasteiger partial charge in [0.2, 0.25) is 5.91 Å². The Hall–Kier alpha value is -2.60. The first-order valence-corrected chi connectivity index (χ1v) is 8.71. The van der Waals surface area contributed by atoms with Gasteiger partial charge in [0.1, 0.15) is 5.82 Å². The standard InChI is InChI=1S/C19H19ClFN3O2/c20-15-3-1-13(2-4-15)10-22-19(26)23-11-14-9-18(25)24(12-14)17-7-5-16(21)6-8-17/h1-8,14H,9-12H2,(H2,22,23,26)/t14-/m1/s1. The SMILES string of the molecule is O=C(NCc1ccc(Cl)cc1)NC[C@H]1CC(=O)N(c2ccc(F)cc2)C1. The molecule has 7 heteroatoms. The third kappa shape index (κ3) is 4.73. The number of nitrogens with zero attached hydrogens (tertiary/aromatic N) is 1. The van der Waals surface area contributed by atoms with Crippen molar-refractivity contribution < 1.29 is 14.0 Å². The van der Waals surface area contributed by atoms with Crippen LogP contribution in [0, 0.1) is 11.7 Å². The van der Waals surface area contributed by atoms with E-state index >= 15 is 0 Å². The molecule has 1 heterocycles. The van der Waals surface area contributed by atoms with E-state index in [1.165, 1.54) is 12.1 Å². The van der Waals surface area contributed by atoms with E-state index in [1.54, 1.807) is 29.2 Å². The van der Waals surface area contributed by atoms with Gasteiger partial charge in [-0.3, -0.25) is 4.79 Å². The van der Waals surface area contributed by atoms with E-state index in [0.717, 1.165) is 5.56 Å². The Morgan fingerprint density at radius 2 is 1.81 bits per heavy atom. The van der Waals surface area contributed by atoms with Crippen molar-refractivity contribution in [3.63, 3.8) is 0 Å². The summed E-state index contributed by atoms with van der Waals surface area (Å²) >= 11 is 5.82. The molecule has 0 saturated carbocycles. The van der Waals surface area contributed by atoms with Crippen LogP contribution in [-0.4, -0.2) is 25.0 Å². The van der Waals surface area contributed by atoms with Crippen LogP contribution >= 0.6 is 11.6 Å². The fraction of sp³-hybridized carbons (Fsp3) is 0.263. The van der Waals surface area contributed by atoms with Gasteiger partial charge in [-0.1, -0.05) is 23.7 Å². The predicted molar refractivity (Wildman–Crippen MR) is 98.6 cm³/mol. The molecule has 3 amide bonds. The highest BCUT2D eigenvalue weighted by atomic mass is 35.5. The highest BCUT2D eigenvalue weighted by Crippen LogP contribution is 2.24. The van der Waals surface area contributed by atoms with Gasteiger partial charge in [-0.25, -0.2) is 9.18 Å². The normalized spacial score (nSPS) is 16.6. The molecule has 1 aliphatic rings. The lowest BCUT2D eigenvalue weighted by molar-refractivity contribution is -0.117. The first-order valence-electron chi connectivity index (χ1n) is 8.33. The van der Waals surface area contributed by atoms with Crippen molar-refractivity contribution in [2.75, 3.05) is 18.0 Å². The zero-order valence-corrected chi connectivity index (χ0v) is 14.8. The van der Waals surface area contributed by atoms with Crippen molar-refractivity contribution in [3.8, 4) is 0 Å². The molecule has 136 valence electrons. The maximum atomic E-state index is 13.0. The molecule has 0 radical (unpaired) electrons. The Bertz CT molecular complexity index is 780. The summed E-state index contributed by atoms with van der Waals surface area (Å²) in [6.07, 6.45) is 0.356. The lowest BCUT2D eigenvalue weighted by Gasteiger charge is -2.17. The third-order valence-electron chi connectivity index (χ3n) is 4.26. The Morgan fingerprint density at radius 1 is 1.12 bits per heavy atom. The Morgan fingerprint density at radius 3 is 2.50 bits per heavy atom. The summed E-state index contributed by atoms with van der Waals surface area (Å²) in [5.74, 6) is -0.338. The average molecular weight is 376 g/mol. The number of benzene rings is 2. The average Bonchev–Trinajstić information content (AvgIpc) is 3.01. The number of carbonyl (C=O) groups excluding carboxylic acids is 2. The minimum atomic E-state index is -0.337. The molecule has 26 heavy (non-hydrogen) atoms. The first-order chi connectivity index (χ1) is 12.5. The van der Waals surface area contributed by atoms with Crippen LogP contribution in [0.15, 0.2) is 48.5 Å². The second-order valence-electron chi connectivity index (χ2n) is 6.24. The van der Waals surface area contributed by atoms with Crippen LogP contribution in [0.2, 0.25) is 5.02 Å². The maximum absolute atomic E-state index is 13.0. The molecule has 2 N–H and O–H groups in total. The maximum Gasteiger partial charge on any atom is 0.315 e. The van der Waals surface area contributed by atoms with Crippen LogP contribution in [-0.2, 0) is 11.3 Å². The van der Waals surface area contributed by atoms with Crippen molar-refractivity contribution in [1.29, 1.82) is 0 Å². The van der Waals surface area contributed by atoms with Gasteiger partial charge in [-0.15, -0.1) is 0 Å². The molecule has 0 unspecified atom stereocenters. The van der Waals surface area contributed by atoms with Crippen LogP contribution < -0.4 is 15.5 Å². The molecular formula is C19H19ClFN3O2. The molecule has 2 aromatic rings. The van der Waals surface area contributed by atoms with E-state index in [1.807, 2.05) is 12.1 Å². The number of rotatable bonds is 5. The van der Waals surface area contributed by atoms with Crippen LogP contribution in [0.4, 0.5) is 14.9 Å². The Labute approximate surface area is 156 Å². The molecule has 1 atom stereocenters. The summed E-state index contributed by atoms with van der Waals surface area (Å²) in [7, 11) is 0. The van der Waals surface area contributed by atoms with E-state index in [0.29, 0.717) is 36.8 Å². The van der Waals surface area contributed by atoms with Gasteiger partial charge >= 0.3 is 6.03 Å². The van der Waals surface area contributed by atoms with Crippen LogP contribution in [0.3, 0.4) is 0 Å². The second-order valence-corrected chi connectivity index (χ2v) is 6.68. The van der Waals surface area contributed by atoms with Gasteiger partial charge in [0.25, 0.3) is 0 Å². The van der Waals surface area contributed by atoms with Crippen LogP contribution in [0.5, 0.6) is 0 Å². The molecule has 0 bridgehead atoms. The topological polar surface area (TPSA) is 61.4 Å². The summed E-state index contributed by atoms with van der Waals surface area (Å²) in [6.45, 7) is 1.30. The summed E-state index contributed by atoms with van der Waals surface area (Å²) < 4.78 is 13.0.